The number of Topliss-reactive ketones (excluding diaryl/α,β-unsaturated/α-hetero) is 1. The molecule has 4 nitrogen and oxygen atoms in total. The Morgan fingerprint density at radius 1 is 1.35 bits per heavy atom. The van der Waals surface area contributed by atoms with Crippen LogP contribution in [0.25, 0.3) is 0 Å². The van der Waals surface area contributed by atoms with E-state index in [0.29, 0.717) is 24.2 Å². The summed E-state index contributed by atoms with van der Waals surface area (Å²) in [6, 6.07) is 0. The molecule has 0 aliphatic heterocycles. The van der Waals surface area contributed by atoms with Crippen molar-refractivity contribution in [1.82, 2.24) is 15.0 Å². The molecule has 1 aliphatic rings. The van der Waals surface area contributed by atoms with Crippen LogP contribution in [0.3, 0.4) is 0 Å². The number of carbonyl (C=O) groups excluding carboxylic acids is 1. The molecule has 1 aliphatic carbocycles. The lowest BCUT2D eigenvalue weighted by Crippen LogP contribution is -2.37. The Labute approximate surface area is 121 Å². The van der Waals surface area contributed by atoms with Gasteiger partial charge >= 0.3 is 0 Å². The standard InChI is InChI=1S/C16H27N3O/c1-5-12(3)13-7-8-14(16(13,4)6-2)15(20)11-19-17-9-10-18-19/h9-10,12-14H,5-8,11H2,1-4H3. The van der Waals surface area contributed by atoms with E-state index in [1.54, 1.807) is 12.4 Å². The topological polar surface area (TPSA) is 47.8 Å². The predicted molar refractivity (Wildman–Crippen MR) is 79.1 cm³/mol. The minimum Gasteiger partial charge on any atom is -0.297 e. The third-order valence-electron chi connectivity index (χ3n) is 5.65. The van der Waals surface area contributed by atoms with Gasteiger partial charge in [-0.15, -0.1) is 0 Å². The number of ketones is 1. The van der Waals surface area contributed by atoms with Gasteiger partial charge in [-0.25, -0.2) is 0 Å². The van der Waals surface area contributed by atoms with Crippen molar-refractivity contribution in [2.24, 2.45) is 23.2 Å². The summed E-state index contributed by atoms with van der Waals surface area (Å²) in [6.45, 7) is 9.45. The minimum absolute atomic E-state index is 0.139. The van der Waals surface area contributed by atoms with Crippen molar-refractivity contribution in [2.75, 3.05) is 0 Å². The van der Waals surface area contributed by atoms with Gasteiger partial charge in [-0.05, 0) is 36.5 Å². The van der Waals surface area contributed by atoms with Crippen molar-refractivity contribution in [3.63, 3.8) is 0 Å². The normalized spacial score (nSPS) is 31.4. The quantitative estimate of drug-likeness (QED) is 0.801. The molecule has 1 aromatic heterocycles. The molecule has 0 spiro atoms. The van der Waals surface area contributed by atoms with Crippen molar-refractivity contribution in [3.05, 3.63) is 12.4 Å². The fourth-order valence-electron chi connectivity index (χ4n) is 4.10. The average Bonchev–Trinajstić information content (AvgIpc) is 3.06. The van der Waals surface area contributed by atoms with E-state index in [4.69, 9.17) is 0 Å². The molecule has 1 saturated carbocycles. The first-order valence-corrected chi connectivity index (χ1v) is 7.89. The summed E-state index contributed by atoms with van der Waals surface area (Å²) in [7, 11) is 0. The number of hydrogen-bond acceptors (Lipinski definition) is 3. The first-order valence-electron chi connectivity index (χ1n) is 7.89. The van der Waals surface area contributed by atoms with Crippen LogP contribution < -0.4 is 0 Å². The number of rotatable bonds is 6. The van der Waals surface area contributed by atoms with Crippen molar-refractivity contribution < 1.29 is 4.79 Å². The summed E-state index contributed by atoms with van der Waals surface area (Å²) >= 11 is 0. The van der Waals surface area contributed by atoms with Gasteiger partial charge in [0.1, 0.15) is 6.54 Å². The van der Waals surface area contributed by atoms with Gasteiger partial charge in [-0.3, -0.25) is 4.79 Å². The second-order valence-corrected chi connectivity index (χ2v) is 6.51. The van der Waals surface area contributed by atoms with Gasteiger partial charge < -0.3 is 0 Å². The molecule has 4 heteroatoms. The molecule has 1 fully saturated rings. The Kier molecular flexibility index (Phi) is 4.61. The fourth-order valence-corrected chi connectivity index (χ4v) is 4.10. The molecule has 0 saturated heterocycles. The van der Waals surface area contributed by atoms with Crippen LogP contribution in [0.15, 0.2) is 12.4 Å². The summed E-state index contributed by atoms with van der Waals surface area (Å²) in [5.41, 5.74) is 0.139. The van der Waals surface area contributed by atoms with Crippen LogP contribution in [-0.2, 0) is 11.3 Å². The number of carbonyl (C=O) groups is 1. The monoisotopic (exact) mass is 277 g/mol. The SMILES string of the molecule is CCC(C)C1CCC(C(=O)Cn2nccn2)C1(C)CC. The molecule has 0 radical (unpaired) electrons. The Bertz CT molecular complexity index is 443. The molecule has 2 rings (SSSR count). The molecule has 112 valence electrons. The predicted octanol–water partition coefficient (Wildman–Crippen LogP) is 3.34. The maximum absolute atomic E-state index is 12.6. The maximum atomic E-state index is 12.6. The Hall–Kier alpha value is -1.19. The molecule has 1 heterocycles. The van der Waals surface area contributed by atoms with Crippen LogP contribution in [0, 0.1) is 23.2 Å². The largest absolute Gasteiger partial charge is 0.297 e. The van der Waals surface area contributed by atoms with Gasteiger partial charge in [0, 0.05) is 5.92 Å². The second kappa shape index (κ2) is 6.06. The van der Waals surface area contributed by atoms with E-state index in [9.17, 15) is 4.79 Å². The Balaban J connectivity index is 2.13. The lowest BCUT2D eigenvalue weighted by atomic mass is 9.66. The van der Waals surface area contributed by atoms with Gasteiger partial charge in [-0.1, -0.05) is 34.1 Å². The highest BCUT2D eigenvalue weighted by atomic mass is 16.1. The molecule has 4 unspecified atom stereocenters. The van der Waals surface area contributed by atoms with Gasteiger partial charge in [0.15, 0.2) is 5.78 Å². The summed E-state index contributed by atoms with van der Waals surface area (Å²) in [4.78, 5) is 14.2. The third kappa shape index (κ3) is 2.65. The summed E-state index contributed by atoms with van der Waals surface area (Å²) in [6.07, 6.45) is 7.74. The van der Waals surface area contributed by atoms with E-state index in [2.05, 4.69) is 37.9 Å². The highest BCUT2D eigenvalue weighted by Gasteiger charge is 2.49. The molecule has 1 aromatic rings. The van der Waals surface area contributed by atoms with E-state index in [0.717, 1.165) is 12.8 Å². The van der Waals surface area contributed by atoms with Crippen molar-refractivity contribution in [3.8, 4) is 0 Å². The highest BCUT2D eigenvalue weighted by molar-refractivity contribution is 5.81. The molecule has 4 atom stereocenters. The van der Waals surface area contributed by atoms with E-state index < -0.39 is 0 Å². The Morgan fingerprint density at radius 3 is 2.55 bits per heavy atom. The van der Waals surface area contributed by atoms with Gasteiger partial charge in [0.05, 0.1) is 12.4 Å². The molecular weight excluding hydrogens is 250 g/mol. The zero-order valence-corrected chi connectivity index (χ0v) is 13.2. The van der Waals surface area contributed by atoms with E-state index in [-0.39, 0.29) is 11.3 Å². The molecule has 0 aromatic carbocycles. The second-order valence-electron chi connectivity index (χ2n) is 6.51. The van der Waals surface area contributed by atoms with Crippen LogP contribution in [0.4, 0.5) is 0 Å². The highest BCUT2D eigenvalue weighted by Crippen LogP contribution is 2.53. The van der Waals surface area contributed by atoms with Crippen LogP contribution in [0.1, 0.15) is 53.4 Å². The van der Waals surface area contributed by atoms with Crippen LogP contribution in [0.2, 0.25) is 0 Å². The summed E-state index contributed by atoms with van der Waals surface area (Å²) < 4.78 is 0. The number of hydrogen-bond donors (Lipinski definition) is 0. The van der Waals surface area contributed by atoms with Crippen molar-refractivity contribution in [2.45, 2.75) is 59.9 Å². The first kappa shape index (κ1) is 15.2. The lowest BCUT2D eigenvalue weighted by Gasteiger charge is -2.38. The lowest BCUT2D eigenvalue weighted by molar-refractivity contribution is -0.127. The van der Waals surface area contributed by atoms with E-state index in [1.165, 1.54) is 17.6 Å². The molecular formula is C16H27N3O. The summed E-state index contributed by atoms with van der Waals surface area (Å²) in [5, 5.41) is 8.11. The van der Waals surface area contributed by atoms with E-state index >= 15 is 0 Å². The Morgan fingerprint density at radius 2 is 2.00 bits per heavy atom. The molecule has 0 amide bonds. The van der Waals surface area contributed by atoms with Gasteiger partial charge in [0.2, 0.25) is 0 Å². The van der Waals surface area contributed by atoms with Crippen molar-refractivity contribution in [1.29, 1.82) is 0 Å². The molecule has 20 heavy (non-hydrogen) atoms. The van der Waals surface area contributed by atoms with Crippen LogP contribution in [-0.4, -0.2) is 20.8 Å². The van der Waals surface area contributed by atoms with E-state index in [1.807, 2.05) is 0 Å². The third-order valence-corrected chi connectivity index (χ3v) is 5.65. The van der Waals surface area contributed by atoms with Gasteiger partial charge in [0.25, 0.3) is 0 Å². The minimum atomic E-state index is 0.139. The average molecular weight is 277 g/mol. The summed E-state index contributed by atoms with van der Waals surface area (Å²) in [5.74, 6) is 1.83. The van der Waals surface area contributed by atoms with Gasteiger partial charge in [-0.2, -0.15) is 15.0 Å². The zero-order chi connectivity index (χ0) is 14.8. The first-order chi connectivity index (χ1) is 9.52. The maximum Gasteiger partial charge on any atom is 0.159 e. The number of nitrogens with zero attached hydrogens (tertiary/aromatic N) is 3. The van der Waals surface area contributed by atoms with Crippen molar-refractivity contribution >= 4 is 5.78 Å². The zero-order valence-electron chi connectivity index (χ0n) is 13.2. The van der Waals surface area contributed by atoms with Crippen LogP contribution >= 0.6 is 0 Å². The molecule has 0 N–H and O–H groups in total. The van der Waals surface area contributed by atoms with Crippen LogP contribution in [0.5, 0.6) is 0 Å². The molecule has 0 bridgehead atoms. The fraction of sp³-hybridized carbons (Fsp3) is 0.812. The smallest absolute Gasteiger partial charge is 0.159 e. The number of aromatic nitrogens is 3.